The highest BCUT2D eigenvalue weighted by Gasteiger charge is 2.32. The lowest BCUT2D eigenvalue weighted by Gasteiger charge is -2.22. The second kappa shape index (κ2) is 6.47. The van der Waals surface area contributed by atoms with Gasteiger partial charge in [-0.15, -0.1) is 0 Å². The summed E-state index contributed by atoms with van der Waals surface area (Å²) >= 11 is 0. The summed E-state index contributed by atoms with van der Waals surface area (Å²) in [5, 5.41) is 3.69. The number of fused-ring (bicyclic) bond motifs is 1. The molecule has 0 saturated carbocycles. The van der Waals surface area contributed by atoms with Crippen LogP contribution in [-0.2, 0) is 18.6 Å². The second-order valence-corrected chi connectivity index (χ2v) is 7.07. The van der Waals surface area contributed by atoms with Crippen LogP contribution in [0.4, 0.5) is 0 Å². The van der Waals surface area contributed by atoms with Crippen molar-refractivity contribution in [3.8, 4) is 0 Å². The van der Waals surface area contributed by atoms with Gasteiger partial charge in [0.1, 0.15) is 0 Å². The van der Waals surface area contributed by atoms with Gasteiger partial charge in [0.15, 0.2) is 0 Å². The third-order valence-electron chi connectivity index (χ3n) is 4.66. The molecule has 1 aromatic carbocycles. The minimum Gasteiger partial charge on any atom is -0.369 e. The Kier molecular flexibility index (Phi) is 4.57. The fourth-order valence-electron chi connectivity index (χ4n) is 3.29. The van der Waals surface area contributed by atoms with E-state index in [4.69, 9.17) is 11.5 Å². The quantitative estimate of drug-likeness (QED) is 0.526. The maximum atomic E-state index is 6.30. The number of nitrogens with one attached hydrogen (secondary N) is 3. The molecule has 1 aromatic rings. The molecule has 2 aliphatic rings. The number of nitrogens with two attached hydrogens (primary N) is 2. The van der Waals surface area contributed by atoms with Crippen molar-refractivity contribution in [1.82, 2.24) is 16.2 Å². The first-order valence-electron chi connectivity index (χ1n) is 8.49. The predicted molar refractivity (Wildman–Crippen MR) is 93.5 cm³/mol. The summed E-state index contributed by atoms with van der Waals surface area (Å²) < 4.78 is 0. The van der Waals surface area contributed by atoms with E-state index >= 15 is 0 Å². The number of hydrogen-bond donors (Lipinski definition) is 5. The number of hydrogen-bond acceptors (Lipinski definition) is 6. The van der Waals surface area contributed by atoms with Gasteiger partial charge in [-0.3, -0.25) is 11.2 Å². The van der Waals surface area contributed by atoms with Crippen LogP contribution >= 0.6 is 0 Å². The van der Waals surface area contributed by atoms with Crippen molar-refractivity contribution < 1.29 is 0 Å². The van der Waals surface area contributed by atoms with Crippen molar-refractivity contribution in [2.24, 2.45) is 22.4 Å². The minimum atomic E-state index is -0.972. The van der Waals surface area contributed by atoms with Crippen LogP contribution in [0.3, 0.4) is 0 Å². The van der Waals surface area contributed by atoms with E-state index in [1.165, 1.54) is 17.5 Å². The fraction of sp³-hybridized carbons (Fsp3) is 0.588. The van der Waals surface area contributed by atoms with E-state index in [0.29, 0.717) is 17.9 Å². The van der Waals surface area contributed by atoms with Crippen LogP contribution in [0.15, 0.2) is 23.2 Å². The predicted octanol–water partition coefficient (Wildman–Crippen LogP) is 0.671. The summed E-state index contributed by atoms with van der Waals surface area (Å²) in [5.74, 6) is 0.0368. The number of hydrazine groups is 1. The van der Waals surface area contributed by atoms with E-state index in [2.05, 4.69) is 53.2 Å². The van der Waals surface area contributed by atoms with Gasteiger partial charge in [0.25, 0.3) is 0 Å². The molecular weight excluding hydrogens is 288 g/mol. The Hall–Kier alpha value is -1.63. The van der Waals surface area contributed by atoms with E-state index in [-0.39, 0.29) is 0 Å². The van der Waals surface area contributed by atoms with Crippen molar-refractivity contribution >= 4 is 5.96 Å². The molecule has 126 valence electrons. The Morgan fingerprint density at radius 1 is 1.30 bits per heavy atom. The maximum Gasteiger partial charge on any atom is 0.209 e. The van der Waals surface area contributed by atoms with Gasteiger partial charge < -0.3 is 11.1 Å². The average molecular weight is 316 g/mol. The summed E-state index contributed by atoms with van der Waals surface area (Å²) in [6.45, 7) is 5.59. The van der Waals surface area contributed by atoms with E-state index in [9.17, 15) is 0 Å². The van der Waals surface area contributed by atoms with Crippen molar-refractivity contribution in [3.63, 3.8) is 0 Å². The van der Waals surface area contributed by atoms with E-state index in [0.717, 1.165) is 31.4 Å². The largest absolute Gasteiger partial charge is 0.369 e. The van der Waals surface area contributed by atoms with Gasteiger partial charge in [0, 0.05) is 11.6 Å². The molecule has 6 heteroatoms. The first kappa shape index (κ1) is 16.2. The second-order valence-electron chi connectivity index (χ2n) is 7.07. The van der Waals surface area contributed by atoms with Crippen molar-refractivity contribution in [1.29, 1.82) is 0 Å². The molecule has 0 fully saturated rings. The van der Waals surface area contributed by atoms with Crippen molar-refractivity contribution in [2.45, 2.75) is 51.4 Å². The molecule has 23 heavy (non-hydrogen) atoms. The number of rotatable bonds is 4. The zero-order chi connectivity index (χ0) is 16.4. The Morgan fingerprint density at radius 2 is 2.04 bits per heavy atom. The van der Waals surface area contributed by atoms with Crippen LogP contribution < -0.4 is 27.6 Å². The number of aryl methyl sites for hydroxylation is 2. The SMILES string of the molecule is CC(C)CN[C@H]1CCc2ccc(C3(N)N=C(N)NN3)cc2CC1. The van der Waals surface area contributed by atoms with Gasteiger partial charge in [0.05, 0.1) is 0 Å². The van der Waals surface area contributed by atoms with Gasteiger partial charge in [-0.25, -0.2) is 4.99 Å². The molecule has 1 heterocycles. The Morgan fingerprint density at radius 3 is 2.70 bits per heavy atom. The normalized spacial score (nSPS) is 27.3. The molecule has 1 unspecified atom stereocenters. The highest BCUT2D eigenvalue weighted by molar-refractivity contribution is 5.79. The first-order chi connectivity index (χ1) is 11.0. The molecule has 0 aromatic heterocycles. The van der Waals surface area contributed by atoms with Crippen LogP contribution in [0.1, 0.15) is 43.4 Å². The number of nitrogens with zero attached hydrogens (tertiary/aromatic N) is 1. The molecule has 3 rings (SSSR count). The molecule has 1 aliphatic heterocycles. The van der Waals surface area contributed by atoms with Crippen LogP contribution in [-0.4, -0.2) is 18.5 Å². The van der Waals surface area contributed by atoms with Gasteiger partial charge in [0.2, 0.25) is 11.7 Å². The zero-order valence-corrected chi connectivity index (χ0v) is 14.0. The summed E-state index contributed by atoms with van der Waals surface area (Å²) in [5.41, 5.74) is 21.4. The molecule has 0 saturated heterocycles. The lowest BCUT2D eigenvalue weighted by atomic mass is 9.97. The van der Waals surface area contributed by atoms with Crippen molar-refractivity contribution in [3.05, 3.63) is 34.9 Å². The molecule has 0 amide bonds. The number of benzene rings is 1. The highest BCUT2D eigenvalue weighted by atomic mass is 15.6. The third kappa shape index (κ3) is 3.65. The maximum absolute atomic E-state index is 6.30. The first-order valence-corrected chi connectivity index (χ1v) is 8.49. The highest BCUT2D eigenvalue weighted by Crippen LogP contribution is 2.26. The average Bonchev–Trinajstić information content (AvgIpc) is 2.75. The van der Waals surface area contributed by atoms with E-state index in [1.807, 2.05) is 0 Å². The fourth-order valence-corrected chi connectivity index (χ4v) is 3.29. The summed E-state index contributed by atoms with van der Waals surface area (Å²) in [6.07, 6.45) is 4.54. The van der Waals surface area contributed by atoms with Gasteiger partial charge in [-0.2, -0.15) is 5.43 Å². The monoisotopic (exact) mass is 316 g/mol. The summed E-state index contributed by atoms with van der Waals surface area (Å²) in [6, 6.07) is 7.02. The topological polar surface area (TPSA) is 100 Å². The van der Waals surface area contributed by atoms with Gasteiger partial charge in [-0.05, 0) is 49.3 Å². The molecule has 0 bridgehead atoms. The molecular formula is C17H28N6. The zero-order valence-electron chi connectivity index (χ0n) is 14.0. The summed E-state index contributed by atoms with van der Waals surface area (Å²) in [7, 11) is 0. The van der Waals surface area contributed by atoms with Crippen molar-refractivity contribution in [2.75, 3.05) is 6.54 Å². The lowest BCUT2D eigenvalue weighted by molar-refractivity contribution is 0.374. The van der Waals surface area contributed by atoms with Crippen LogP contribution in [0.5, 0.6) is 0 Å². The number of aliphatic imine (C=N–C) groups is 1. The number of guanidine groups is 1. The molecule has 1 aliphatic carbocycles. The Balaban J connectivity index is 1.73. The van der Waals surface area contributed by atoms with Crippen LogP contribution in [0.25, 0.3) is 0 Å². The lowest BCUT2D eigenvalue weighted by Crippen LogP contribution is -2.50. The Bertz CT molecular complexity index is 597. The van der Waals surface area contributed by atoms with E-state index < -0.39 is 5.79 Å². The van der Waals surface area contributed by atoms with Crippen LogP contribution in [0.2, 0.25) is 0 Å². The molecule has 2 atom stereocenters. The smallest absolute Gasteiger partial charge is 0.209 e. The standard InChI is InChI=1S/C17H28N6/c1-11(2)10-20-15-7-4-12-3-6-14(9-13(12)5-8-15)17(19)21-16(18)22-23-17/h3,6,9,11,15,20,23H,4-5,7-8,10,19H2,1-2H3,(H3,18,21,22)/t15-,17?/m0/s1. The van der Waals surface area contributed by atoms with Gasteiger partial charge in [-0.1, -0.05) is 32.0 Å². The molecule has 6 nitrogen and oxygen atoms in total. The Labute approximate surface area is 138 Å². The van der Waals surface area contributed by atoms with E-state index in [1.54, 1.807) is 0 Å². The minimum absolute atomic E-state index is 0.320. The molecule has 0 radical (unpaired) electrons. The van der Waals surface area contributed by atoms with Crippen LogP contribution in [0, 0.1) is 5.92 Å². The van der Waals surface area contributed by atoms with Gasteiger partial charge >= 0.3 is 0 Å². The third-order valence-corrected chi connectivity index (χ3v) is 4.66. The molecule has 0 spiro atoms. The summed E-state index contributed by atoms with van der Waals surface area (Å²) in [4.78, 5) is 4.26. The molecule has 7 N–H and O–H groups in total.